The summed E-state index contributed by atoms with van der Waals surface area (Å²) in [6, 6.07) is -1.05. The van der Waals surface area contributed by atoms with Crippen LogP contribution >= 0.6 is 0 Å². The van der Waals surface area contributed by atoms with Gasteiger partial charge in [0.2, 0.25) is 0 Å². The van der Waals surface area contributed by atoms with Gasteiger partial charge in [0.25, 0.3) is 0 Å². The second-order valence-electron chi connectivity index (χ2n) is 2.73. The van der Waals surface area contributed by atoms with E-state index in [-0.39, 0.29) is 13.2 Å². The number of hydrogen-bond acceptors (Lipinski definition) is 5. The Hall–Kier alpha value is -0.200. The highest BCUT2D eigenvalue weighted by Crippen LogP contribution is 2.13. The summed E-state index contributed by atoms with van der Waals surface area (Å²) in [4.78, 5) is 0. The number of hydrogen-bond donors (Lipinski definition) is 5. The molecule has 0 aromatic rings. The van der Waals surface area contributed by atoms with Crippen molar-refractivity contribution in [1.82, 2.24) is 5.32 Å². The van der Waals surface area contributed by atoms with Crippen LogP contribution in [0.3, 0.4) is 0 Å². The van der Waals surface area contributed by atoms with Crippen LogP contribution in [0.25, 0.3) is 0 Å². The molecule has 0 radical (unpaired) electrons. The first kappa shape index (κ1) is 8.89. The average molecular weight is 163 g/mol. The van der Waals surface area contributed by atoms with Crippen LogP contribution in [0.5, 0.6) is 0 Å². The Bertz CT molecular complexity index is 114. The lowest BCUT2D eigenvalue weighted by atomic mass is 10.1. The Kier molecular flexibility index (Phi) is 2.80. The van der Waals surface area contributed by atoms with Gasteiger partial charge in [-0.15, -0.1) is 0 Å². The third kappa shape index (κ3) is 1.52. The second kappa shape index (κ2) is 3.46. The van der Waals surface area contributed by atoms with E-state index in [0.717, 1.165) is 0 Å². The number of nitrogens with one attached hydrogen (secondary N) is 1. The highest BCUT2D eigenvalue weighted by Gasteiger charge is 2.39. The minimum absolute atomic E-state index is 0.241. The van der Waals surface area contributed by atoms with Gasteiger partial charge in [-0.3, -0.25) is 0 Å². The highest BCUT2D eigenvalue weighted by atomic mass is 16.3. The van der Waals surface area contributed by atoms with Gasteiger partial charge in [0, 0.05) is 0 Å². The van der Waals surface area contributed by atoms with E-state index in [2.05, 4.69) is 5.32 Å². The molecule has 0 spiro atoms. The van der Waals surface area contributed by atoms with Crippen LogP contribution in [-0.2, 0) is 0 Å². The number of rotatable bonds is 2. The molecular weight excluding hydrogens is 150 g/mol. The molecule has 1 fully saturated rings. The summed E-state index contributed by atoms with van der Waals surface area (Å²) in [7, 11) is 0. The molecule has 0 aromatic carbocycles. The quantitative estimate of drug-likeness (QED) is 0.300. The first-order valence-electron chi connectivity index (χ1n) is 3.54. The van der Waals surface area contributed by atoms with Crippen LogP contribution in [0, 0.1) is 0 Å². The fourth-order valence-electron chi connectivity index (χ4n) is 1.27. The predicted molar refractivity (Wildman–Crippen MR) is 36.9 cm³/mol. The van der Waals surface area contributed by atoms with Gasteiger partial charge in [-0.05, 0) is 0 Å². The van der Waals surface area contributed by atoms with Crippen LogP contribution in [0.1, 0.15) is 0 Å². The number of aliphatic hydroxyl groups excluding tert-OH is 4. The Labute approximate surface area is 64.3 Å². The topological polar surface area (TPSA) is 93.0 Å². The normalized spacial score (nSPS) is 44.7. The molecule has 1 rings (SSSR count). The third-order valence-corrected chi connectivity index (χ3v) is 2.00. The highest BCUT2D eigenvalue weighted by molar-refractivity contribution is 4.97. The third-order valence-electron chi connectivity index (χ3n) is 2.00. The van der Waals surface area contributed by atoms with Gasteiger partial charge in [0.05, 0.1) is 37.5 Å². The lowest BCUT2D eigenvalue weighted by Gasteiger charge is -2.12. The van der Waals surface area contributed by atoms with Crippen molar-refractivity contribution >= 4 is 0 Å². The van der Waals surface area contributed by atoms with Crippen LogP contribution < -0.4 is 5.32 Å². The predicted octanol–water partition coefficient (Wildman–Crippen LogP) is -2.97. The fraction of sp³-hybridized carbons (Fsp3) is 1.00. The van der Waals surface area contributed by atoms with E-state index in [1.165, 1.54) is 0 Å². The molecule has 1 saturated heterocycles. The van der Waals surface area contributed by atoms with Crippen LogP contribution in [0.4, 0.5) is 0 Å². The summed E-state index contributed by atoms with van der Waals surface area (Å²) in [5, 5.41) is 38.3. The maximum atomic E-state index is 9.18. The van der Waals surface area contributed by atoms with Gasteiger partial charge in [0.15, 0.2) is 0 Å². The first-order valence-corrected chi connectivity index (χ1v) is 3.54. The SMILES string of the molecule is OC[C@H]1N[C@H](CO)[C@H](O)C1O. The fourth-order valence-corrected chi connectivity index (χ4v) is 1.27. The van der Waals surface area contributed by atoms with Gasteiger partial charge in [-0.2, -0.15) is 0 Å². The minimum atomic E-state index is -0.989. The standard InChI is InChI=1S/C6H13NO4/c8-1-3-5(10)6(11)4(2-9)7-3/h3-11H,1-2H2/t3-,4-,5+,6?/m1/s1. The molecule has 5 heteroatoms. The van der Waals surface area contributed by atoms with Crippen LogP contribution in [-0.4, -0.2) is 57.9 Å². The molecule has 1 heterocycles. The second-order valence-corrected chi connectivity index (χ2v) is 2.73. The van der Waals surface area contributed by atoms with Gasteiger partial charge >= 0.3 is 0 Å². The Morgan fingerprint density at radius 2 is 1.27 bits per heavy atom. The Morgan fingerprint density at radius 3 is 1.45 bits per heavy atom. The van der Waals surface area contributed by atoms with Gasteiger partial charge in [-0.25, -0.2) is 0 Å². The molecule has 1 unspecified atom stereocenters. The summed E-state index contributed by atoms with van der Waals surface area (Å²) < 4.78 is 0. The summed E-state index contributed by atoms with van der Waals surface area (Å²) in [5.74, 6) is 0. The van der Waals surface area contributed by atoms with E-state index < -0.39 is 24.3 Å². The minimum Gasteiger partial charge on any atom is -0.395 e. The lowest BCUT2D eigenvalue weighted by molar-refractivity contribution is 0.0130. The molecule has 11 heavy (non-hydrogen) atoms. The zero-order valence-electron chi connectivity index (χ0n) is 6.01. The van der Waals surface area contributed by atoms with E-state index in [9.17, 15) is 10.2 Å². The molecule has 1 aliphatic heterocycles. The Balaban J connectivity index is 2.53. The molecule has 0 saturated carbocycles. The maximum absolute atomic E-state index is 9.18. The van der Waals surface area contributed by atoms with Gasteiger partial charge < -0.3 is 25.7 Å². The van der Waals surface area contributed by atoms with Crippen molar-refractivity contribution in [2.75, 3.05) is 13.2 Å². The first-order chi connectivity index (χ1) is 5.20. The molecule has 5 N–H and O–H groups in total. The van der Waals surface area contributed by atoms with E-state index in [1.54, 1.807) is 0 Å². The summed E-state index contributed by atoms with van der Waals surface area (Å²) in [6.45, 7) is -0.483. The van der Waals surface area contributed by atoms with Gasteiger partial charge in [0.1, 0.15) is 0 Å². The van der Waals surface area contributed by atoms with E-state index >= 15 is 0 Å². The average Bonchev–Trinajstić information content (AvgIpc) is 2.30. The van der Waals surface area contributed by atoms with E-state index in [4.69, 9.17) is 10.2 Å². The van der Waals surface area contributed by atoms with E-state index in [1.807, 2.05) is 0 Å². The van der Waals surface area contributed by atoms with Crippen molar-refractivity contribution < 1.29 is 20.4 Å². The van der Waals surface area contributed by atoms with E-state index in [0.29, 0.717) is 0 Å². The number of aliphatic hydroxyl groups is 4. The summed E-state index contributed by atoms with van der Waals surface area (Å²) in [6.07, 6.45) is -1.98. The molecular formula is C6H13NO4. The molecule has 0 aromatic heterocycles. The van der Waals surface area contributed by atoms with Crippen molar-refractivity contribution in [2.24, 2.45) is 0 Å². The molecule has 0 amide bonds. The van der Waals surface area contributed by atoms with Crippen molar-refractivity contribution in [3.8, 4) is 0 Å². The maximum Gasteiger partial charge on any atom is 0.0990 e. The summed E-state index contributed by atoms with van der Waals surface area (Å²) in [5.41, 5.74) is 0. The monoisotopic (exact) mass is 163 g/mol. The molecule has 4 atom stereocenters. The van der Waals surface area contributed by atoms with Crippen LogP contribution in [0.15, 0.2) is 0 Å². The molecule has 5 nitrogen and oxygen atoms in total. The Morgan fingerprint density at radius 1 is 0.909 bits per heavy atom. The van der Waals surface area contributed by atoms with Crippen molar-refractivity contribution in [3.05, 3.63) is 0 Å². The smallest absolute Gasteiger partial charge is 0.0990 e. The summed E-state index contributed by atoms with van der Waals surface area (Å²) >= 11 is 0. The molecule has 0 aliphatic carbocycles. The zero-order chi connectivity index (χ0) is 8.43. The van der Waals surface area contributed by atoms with Crippen LogP contribution in [0.2, 0.25) is 0 Å². The van der Waals surface area contributed by atoms with Gasteiger partial charge in [-0.1, -0.05) is 0 Å². The zero-order valence-corrected chi connectivity index (χ0v) is 6.01. The molecule has 0 bridgehead atoms. The van der Waals surface area contributed by atoms with Crippen molar-refractivity contribution in [2.45, 2.75) is 24.3 Å². The molecule has 1 aliphatic rings. The molecule has 66 valence electrons. The van der Waals surface area contributed by atoms with Crippen molar-refractivity contribution in [3.63, 3.8) is 0 Å². The lowest BCUT2D eigenvalue weighted by Crippen LogP contribution is -2.37. The largest absolute Gasteiger partial charge is 0.395 e. The van der Waals surface area contributed by atoms with Crippen molar-refractivity contribution in [1.29, 1.82) is 0 Å².